The molecule has 0 amide bonds. The Morgan fingerprint density at radius 3 is 2.48 bits per heavy atom. The molecule has 0 bridgehead atoms. The predicted molar refractivity (Wildman–Crippen MR) is 103 cm³/mol. The smallest absolute Gasteiger partial charge is 0.304 e. The lowest BCUT2D eigenvalue weighted by molar-refractivity contribution is 0.180. The van der Waals surface area contributed by atoms with Crippen molar-refractivity contribution in [3.63, 3.8) is 0 Å². The summed E-state index contributed by atoms with van der Waals surface area (Å²) in [7, 11) is 0. The van der Waals surface area contributed by atoms with Crippen molar-refractivity contribution < 1.29 is 0 Å². The van der Waals surface area contributed by atoms with Crippen molar-refractivity contribution in [2.75, 3.05) is 13.1 Å². The molecule has 130 valence electrons. The highest BCUT2D eigenvalue weighted by Crippen LogP contribution is 2.28. The maximum atomic E-state index is 12.4. The van der Waals surface area contributed by atoms with E-state index in [1.54, 1.807) is 6.07 Å². The summed E-state index contributed by atoms with van der Waals surface area (Å²) in [6.45, 7) is 2.73. The topological polar surface area (TPSA) is 41.0 Å². The highest BCUT2D eigenvalue weighted by molar-refractivity contribution is 6.34. The van der Waals surface area contributed by atoms with Crippen LogP contribution >= 0.6 is 23.2 Å². The second-order valence-electron chi connectivity index (χ2n) is 6.53. The fourth-order valence-electron chi connectivity index (χ4n) is 3.68. The molecular weight excluding hydrogens is 357 g/mol. The zero-order chi connectivity index (χ0) is 17.4. The van der Waals surface area contributed by atoms with Gasteiger partial charge in [0.1, 0.15) is 0 Å². The monoisotopic (exact) mass is 375 g/mol. The van der Waals surface area contributed by atoms with Crippen LogP contribution in [0, 0.1) is 0 Å². The van der Waals surface area contributed by atoms with Crippen molar-refractivity contribution >= 4 is 34.2 Å². The molecule has 1 saturated heterocycles. The largest absolute Gasteiger partial charge is 0.326 e. The van der Waals surface area contributed by atoms with E-state index in [1.807, 2.05) is 34.9 Å². The van der Waals surface area contributed by atoms with Crippen LogP contribution in [-0.2, 0) is 6.54 Å². The summed E-state index contributed by atoms with van der Waals surface area (Å²) in [5.41, 5.74) is 2.70. The molecule has 0 saturated carbocycles. The molecular formula is C19H19Cl2N3O. The Balaban J connectivity index is 1.51. The normalized spacial score (nSPS) is 16.6. The van der Waals surface area contributed by atoms with Crippen molar-refractivity contribution in [3.05, 3.63) is 68.6 Å². The lowest BCUT2D eigenvalue weighted by Crippen LogP contribution is -2.36. The summed E-state index contributed by atoms with van der Waals surface area (Å²) in [6.07, 6.45) is 1.87. The lowest BCUT2D eigenvalue weighted by Gasteiger charge is -2.32. The van der Waals surface area contributed by atoms with E-state index in [2.05, 4.69) is 16.0 Å². The first-order valence-electron chi connectivity index (χ1n) is 8.48. The van der Waals surface area contributed by atoms with Crippen molar-refractivity contribution in [1.82, 2.24) is 14.5 Å². The zero-order valence-electron chi connectivity index (χ0n) is 13.7. The molecule has 25 heavy (non-hydrogen) atoms. The minimum Gasteiger partial charge on any atom is -0.304 e. The number of halogens is 2. The Bertz CT molecular complexity index is 955. The highest BCUT2D eigenvalue weighted by atomic mass is 35.5. The molecule has 0 spiro atoms. The van der Waals surface area contributed by atoms with Crippen LogP contribution in [0.2, 0.25) is 10.0 Å². The maximum absolute atomic E-state index is 12.4. The summed E-state index contributed by atoms with van der Waals surface area (Å²) in [5.74, 6) is 0. The van der Waals surface area contributed by atoms with E-state index >= 15 is 0 Å². The van der Waals surface area contributed by atoms with Crippen LogP contribution in [0.3, 0.4) is 0 Å². The fourth-order valence-corrected chi connectivity index (χ4v) is 4.09. The molecule has 2 aromatic carbocycles. The molecule has 6 heteroatoms. The summed E-state index contributed by atoms with van der Waals surface area (Å²) in [6, 6.07) is 13.8. The van der Waals surface area contributed by atoms with Gasteiger partial charge in [0.25, 0.3) is 0 Å². The van der Waals surface area contributed by atoms with Crippen LogP contribution in [0.4, 0.5) is 0 Å². The highest BCUT2D eigenvalue weighted by Gasteiger charge is 2.24. The number of rotatable bonds is 3. The van der Waals surface area contributed by atoms with Crippen LogP contribution in [0.15, 0.2) is 47.3 Å². The number of imidazole rings is 1. The van der Waals surface area contributed by atoms with Crippen LogP contribution in [0.1, 0.15) is 24.4 Å². The number of piperidine rings is 1. The third kappa shape index (κ3) is 3.22. The van der Waals surface area contributed by atoms with Crippen molar-refractivity contribution in [3.8, 4) is 0 Å². The number of hydrogen-bond donors (Lipinski definition) is 1. The van der Waals surface area contributed by atoms with Crippen molar-refractivity contribution in [2.45, 2.75) is 25.4 Å². The zero-order valence-corrected chi connectivity index (χ0v) is 15.2. The van der Waals surface area contributed by atoms with E-state index in [4.69, 9.17) is 23.2 Å². The molecule has 1 aliphatic rings. The predicted octanol–water partition coefficient (Wildman–Crippen LogP) is 4.47. The Kier molecular flexibility index (Phi) is 4.59. The van der Waals surface area contributed by atoms with Gasteiger partial charge in [0.05, 0.1) is 16.1 Å². The Morgan fingerprint density at radius 2 is 1.72 bits per heavy atom. The summed E-state index contributed by atoms with van der Waals surface area (Å²) in [5, 5.41) is 1.40. The van der Waals surface area contributed by atoms with E-state index in [9.17, 15) is 4.79 Å². The number of benzene rings is 2. The molecule has 0 aliphatic carbocycles. The number of para-hydroxylation sites is 1. The molecule has 1 N–H and O–H groups in total. The number of nitrogens with zero attached hydrogens (tertiary/aromatic N) is 2. The number of hydrogen-bond acceptors (Lipinski definition) is 2. The average Bonchev–Trinajstić information content (AvgIpc) is 2.95. The molecule has 4 nitrogen and oxygen atoms in total. The molecule has 0 radical (unpaired) electrons. The van der Waals surface area contributed by atoms with Crippen molar-refractivity contribution in [2.24, 2.45) is 0 Å². The Morgan fingerprint density at radius 1 is 1.00 bits per heavy atom. The second kappa shape index (κ2) is 6.87. The maximum Gasteiger partial charge on any atom is 0.326 e. The number of nitrogens with one attached hydrogen (secondary N) is 1. The Hall–Kier alpha value is -1.75. The summed E-state index contributed by atoms with van der Waals surface area (Å²) < 4.78 is 1.87. The number of likely N-dealkylation sites (tertiary alicyclic amines) is 1. The minimum absolute atomic E-state index is 0.0762. The van der Waals surface area contributed by atoms with Gasteiger partial charge in [-0.25, -0.2) is 4.79 Å². The van der Waals surface area contributed by atoms with Gasteiger partial charge in [0.15, 0.2) is 0 Å². The van der Waals surface area contributed by atoms with E-state index in [0.717, 1.165) is 54.1 Å². The first-order chi connectivity index (χ1) is 12.1. The molecule has 1 fully saturated rings. The summed E-state index contributed by atoms with van der Waals surface area (Å²) in [4.78, 5) is 17.7. The molecule has 1 aliphatic heterocycles. The first-order valence-corrected chi connectivity index (χ1v) is 9.23. The summed E-state index contributed by atoms with van der Waals surface area (Å²) >= 11 is 12.5. The minimum atomic E-state index is -0.0762. The average molecular weight is 376 g/mol. The Labute approximate surface area is 156 Å². The molecule has 1 aromatic heterocycles. The standard InChI is InChI=1S/C19H19Cl2N3O/c20-15-5-2-1-4-13(15)12-23-10-8-14(9-11-23)24-17-7-3-6-16(21)18(17)22-19(24)25/h1-7,14H,8-12H2,(H,22,25). The number of aromatic amines is 1. The van der Waals surface area contributed by atoms with Gasteiger partial charge in [-0.3, -0.25) is 9.47 Å². The van der Waals surface area contributed by atoms with Gasteiger partial charge in [0.2, 0.25) is 0 Å². The van der Waals surface area contributed by atoms with Gasteiger partial charge in [-0.05, 0) is 36.6 Å². The quantitative estimate of drug-likeness (QED) is 0.733. The van der Waals surface area contributed by atoms with Crippen molar-refractivity contribution in [1.29, 1.82) is 0 Å². The lowest BCUT2D eigenvalue weighted by atomic mass is 10.0. The molecule has 4 rings (SSSR count). The van der Waals surface area contributed by atoms with E-state index in [0.29, 0.717) is 5.02 Å². The van der Waals surface area contributed by atoms with E-state index in [-0.39, 0.29) is 11.7 Å². The van der Waals surface area contributed by atoms with E-state index < -0.39 is 0 Å². The molecule has 3 aromatic rings. The van der Waals surface area contributed by atoms with Gasteiger partial charge < -0.3 is 4.98 Å². The molecule has 2 heterocycles. The van der Waals surface area contributed by atoms with Crippen LogP contribution in [0.25, 0.3) is 11.0 Å². The van der Waals surface area contributed by atoms with E-state index in [1.165, 1.54) is 0 Å². The third-order valence-electron chi connectivity index (χ3n) is 4.98. The van der Waals surface area contributed by atoms with Crippen LogP contribution < -0.4 is 5.69 Å². The number of fused-ring (bicyclic) bond motifs is 1. The van der Waals surface area contributed by atoms with Gasteiger partial charge >= 0.3 is 5.69 Å². The van der Waals surface area contributed by atoms with Gasteiger partial charge in [0, 0.05) is 30.7 Å². The van der Waals surface area contributed by atoms with Crippen LogP contribution in [-0.4, -0.2) is 27.5 Å². The van der Waals surface area contributed by atoms with Crippen LogP contribution in [0.5, 0.6) is 0 Å². The SMILES string of the molecule is O=c1[nH]c2c(Cl)cccc2n1C1CCN(Cc2ccccc2Cl)CC1. The van der Waals surface area contributed by atoms with Gasteiger partial charge in [-0.2, -0.15) is 0 Å². The number of aromatic nitrogens is 2. The molecule has 0 atom stereocenters. The number of H-pyrrole nitrogens is 1. The first kappa shape index (κ1) is 16.7. The molecule has 0 unspecified atom stereocenters. The second-order valence-corrected chi connectivity index (χ2v) is 7.35. The van der Waals surface area contributed by atoms with Gasteiger partial charge in [-0.15, -0.1) is 0 Å². The third-order valence-corrected chi connectivity index (χ3v) is 5.66. The van der Waals surface area contributed by atoms with Gasteiger partial charge in [-0.1, -0.05) is 47.5 Å². The fraction of sp³-hybridized carbons (Fsp3) is 0.316.